The molecule has 2 rings (SSSR count). The molecule has 3 N–H and O–H groups in total. The second-order valence-electron chi connectivity index (χ2n) is 5.36. The van der Waals surface area contributed by atoms with Crippen LogP contribution in [0.4, 0.5) is 5.69 Å². The van der Waals surface area contributed by atoms with E-state index in [1.807, 2.05) is 0 Å². The molecule has 0 saturated heterocycles. The number of aliphatic hydroxyl groups is 1. The molecule has 0 aliphatic heterocycles. The maximum atomic E-state index is 10.7. The van der Waals surface area contributed by atoms with Crippen molar-refractivity contribution in [2.75, 3.05) is 13.2 Å². The van der Waals surface area contributed by atoms with E-state index in [4.69, 9.17) is 5.73 Å². The number of nitrogens with zero attached hydrogens (tertiary/aromatic N) is 1. The third-order valence-electron chi connectivity index (χ3n) is 4.40. The van der Waals surface area contributed by atoms with Gasteiger partial charge in [0.2, 0.25) is 0 Å². The normalized spacial score (nSPS) is 19.3. The summed E-state index contributed by atoms with van der Waals surface area (Å²) >= 11 is 0. The van der Waals surface area contributed by atoms with Gasteiger partial charge in [-0.2, -0.15) is 0 Å². The average molecular weight is 264 g/mol. The van der Waals surface area contributed by atoms with E-state index in [0.717, 1.165) is 31.2 Å². The van der Waals surface area contributed by atoms with Crippen LogP contribution >= 0.6 is 0 Å². The fourth-order valence-electron chi connectivity index (χ4n) is 3.26. The fourth-order valence-corrected chi connectivity index (χ4v) is 3.26. The Hall–Kier alpha value is -1.46. The van der Waals surface area contributed by atoms with Crippen molar-refractivity contribution in [1.82, 2.24) is 0 Å². The van der Waals surface area contributed by atoms with Gasteiger partial charge >= 0.3 is 0 Å². The first-order valence-electron chi connectivity index (χ1n) is 6.68. The molecule has 1 fully saturated rings. The van der Waals surface area contributed by atoms with Crippen molar-refractivity contribution in [1.29, 1.82) is 0 Å². The number of nitrogens with two attached hydrogens (primary N) is 1. The second kappa shape index (κ2) is 5.67. The summed E-state index contributed by atoms with van der Waals surface area (Å²) in [4.78, 5) is 10.3. The van der Waals surface area contributed by atoms with Gasteiger partial charge < -0.3 is 10.8 Å². The van der Waals surface area contributed by atoms with Crippen LogP contribution in [0, 0.1) is 15.5 Å². The van der Waals surface area contributed by atoms with Crippen LogP contribution in [-0.2, 0) is 0 Å². The number of benzene rings is 1. The largest absolute Gasteiger partial charge is 0.396 e. The van der Waals surface area contributed by atoms with Gasteiger partial charge in [0.15, 0.2) is 0 Å². The zero-order chi connectivity index (χ0) is 13.9. The number of hydrogen-bond donors (Lipinski definition) is 2. The van der Waals surface area contributed by atoms with Crippen LogP contribution in [0.15, 0.2) is 24.3 Å². The molecule has 5 heteroatoms. The third kappa shape index (κ3) is 2.62. The Bertz CT molecular complexity index is 439. The standard InChI is InChI=1S/C14H20N2O3/c15-9-13(14(10-17)7-1-2-8-14)11-3-5-12(6-4-11)16(18)19/h3-6,13,17H,1-2,7-10,15H2/t13-/m1/s1. The lowest BCUT2D eigenvalue weighted by atomic mass is 9.71. The lowest BCUT2D eigenvalue weighted by Crippen LogP contribution is -2.34. The number of hydrogen-bond acceptors (Lipinski definition) is 4. The molecule has 0 aromatic heterocycles. The summed E-state index contributed by atoms with van der Waals surface area (Å²) in [5.41, 5.74) is 6.83. The Morgan fingerprint density at radius 1 is 1.32 bits per heavy atom. The van der Waals surface area contributed by atoms with Crippen LogP contribution in [0.25, 0.3) is 0 Å². The van der Waals surface area contributed by atoms with Crippen molar-refractivity contribution in [2.24, 2.45) is 11.1 Å². The van der Waals surface area contributed by atoms with Crippen molar-refractivity contribution < 1.29 is 10.0 Å². The van der Waals surface area contributed by atoms with Gasteiger partial charge in [-0.25, -0.2) is 0 Å². The molecule has 5 nitrogen and oxygen atoms in total. The van der Waals surface area contributed by atoms with E-state index in [2.05, 4.69) is 0 Å². The summed E-state index contributed by atoms with van der Waals surface area (Å²) in [6.07, 6.45) is 4.18. The molecule has 0 bridgehead atoms. The monoisotopic (exact) mass is 264 g/mol. The molecular formula is C14H20N2O3. The fraction of sp³-hybridized carbons (Fsp3) is 0.571. The molecule has 1 aromatic rings. The van der Waals surface area contributed by atoms with Crippen molar-refractivity contribution in [3.05, 3.63) is 39.9 Å². The van der Waals surface area contributed by atoms with Crippen molar-refractivity contribution >= 4 is 5.69 Å². The molecule has 1 aliphatic carbocycles. The molecular weight excluding hydrogens is 244 g/mol. The van der Waals surface area contributed by atoms with Gasteiger partial charge in [-0.15, -0.1) is 0 Å². The van der Waals surface area contributed by atoms with E-state index >= 15 is 0 Å². The van der Waals surface area contributed by atoms with Crippen LogP contribution in [0.2, 0.25) is 0 Å². The highest BCUT2D eigenvalue weighted by molar-refractivity contribution is 5.35. The average Bonchev–Trinajstić information content (AvgIpc) is 2.90. The minimum absolute atomic E-state index is 0.0702. The van der Waals surface area contributed by atoms with E-state index in [1.54, 1.807) is 12.1 Å². The quantitative estimate of drug-likeness (QED) is 0.630. The first-order chi connectivity index (χ1) is 9.13. The van der Waals surface area contributed by atoms with E-state index in [0.29, 0.717) is 6.54 Å². The summed E-state index contributed by atoms with van der Waals surface area (Å²) in [6, 6.07) is 6.56. The van der Waals surface area contributed by atoms with Gasteiger partial charge in [0.05, 0.1) is 4.92 Å². The van der Waals surface area contributed by atoms with Crippen LogP contribution in [0.1, 0.15) is 37.2 Å². The minimum atomic E-state index is -0.404. The third-order valence-corrected chi connectivity index (χ3v) is 4.40. The number of aliphatic hydroxyl groups excluding tert-OH is 1. The molecule has 0 spiro atoms. The highest BCUT2D eigenvalue weighted by Crippen LogP contribution is 2.48. The maximum Gasteiger partial charge on any atom is 0.269 e. The molecule has 104 valence electrons. The predicted molar refractivity (Wildman–Crippen MR) is 72.9 cm³/mol. The van der Waals surface area contributed by atoms with Gasteiger partial charge in [-0.1, -0.05) is 25.0 Å². The topological polar surface area (TPSA) is 89.4 Å². The van der Waals surface area contributed by atoms with E-state index in [1.165, 1.54) is 12.1 Å². The van der Waals surface area contributed by atoms with Crippen molar-refractivity contribution in [3.63, 3.8) is 0 Å². The molecule has 0 amide bonds. The SMILES string of the molecule is NC[C@H](c1ccc([N+](=O)[O-])cc1)C1(CO)CCCC1. The molecule has 19 heavy (non-hydrogen) atoms. The lowest BCUT2D eigenvalue weighted by Gasteiger charge is -2.35. The number of nitro benzene ring substituents is 1. The van der Waals surface area contributed by atoms with Crippen LogP contribution in [0.5, 0.6) is 0 Å². The van der Waals surface area contributed by atoms with Gasteiger partial charge in [-0.3, -0.25) is 10.1 Å². The van der Waals surface area contributed by atoms with Crippen molar-refractivity contribution in [2.45, 2.75) is 31.6 Å². The lowest BCUT2D eigenvalue weighted by molar-refractivity contribution is -0.384. The van der Waals surface area contributed by atoms with Gasteiger partial charge in [0.1, 0.15) is 0 Å². The van der Waals surface area contributed by atoms with E-state index < -0.39 is 4.92 Å². The first kappa shape index (κ1) is 14.0. The maximum absolute atomic E-state index is 10.7. The van der Waals surface area contributed by atoms with Gasteiger partial charge in [-0.05, 0) is 24.9 Å². The number of non-ortho nitro benzene ring substituents is 1. The molecule has 0 heterocycles. The molecule has 1 aliphatic rings. The molecule has 1 saturated carbocycles. The van der Waals surface area contributed by atoms with Gasteiger partial charge in [0, 0.05) is 30.1 Å². The summed E-state index contributed by atoms with van der Waals surface area (Å²) in [5, 5.41) is 20.4. The van der Waals surface area contributed by atoms with Crippen LogP contribution < -0.4 is 5.73 Å². The smallest absolute Gasteiger partial charge is 0.269 e. The minimum Gasteiger partial charge on any atom is -0.396 e. The Morgan fingerprint density at radius 3 is 2.32 bits per heavy atom. The molecule has 1 aromatic carbocycles. The summed E-state index contributed by atoms with van der Waals surface area (Å²) in [7, 11) is 0. The van der Waals surface area contributed by atoms with Crippen molar-refractivity contribution in [3.8, 4) is 0 Å². The van der Waals surface area contributed by atoms with E-state index in [-0.39, 0.29) is 23.6 Å². The van der Waals surface area contributed by atoms with Crippen LogP contribution in [-0.4, -0.2) is 23.2 Å². The first-order valence-corrected chi connectivity index (χ1v) is 6.68. The Balaban J connectivity index is 2.28. The zero-order valence-corrected chi connectivity index (χ0v) is 10.9. The van der Waals surface area contributed by atoms with E-state index in [9.17, 15) is 15.2 Å². The molecule has 0 unspecified atom stereocenters. The van der Waals surface area contributed by atoms with Gasteiger partial charge in [0.25, 0.3) is 5.69 Å². The highest BCUT2D eigenvalue weighted by Gasteiger charge is 2.40. The zero-order valence-electron chi connectivity index (χ0n) is 10.9. The second-order valence-corrected chi connectivity index (χ2v) is 5.36. The summed E-state index contributed by atoms with van der Waals surface area (Å²) in [5.74, 6) is 0.0702. The molecule has 0 radical (unpaired) electrons. The predicted octanol–water partition coefficient (Wildman–Crippen LogP) is 2.19. The molecule has 1 atom stereocenters. The number of nitro groups is 1. The summed E-state index contributed by atoms with van der Waals surface area (Å²) in [6.45, 7) is 0.588. The number of rotatable bonds is 5. The summed E-state index contributed by atoms with van der Waals surface area (Å²) < 4.78 is 0. The highest BCUT2D eigenvalue weighted by atomic mass is 16.6. The Morgan fingerprint density at radius 2 is 1.89 bits per heavy atom. The Kier molecular flexibility index (Phi) is 4.17. The van der Waals surface area contributed by atoms with Crippen LogP contribution in [0.3, 0.4) is 0 Å². The Labute approximate surface area is 112 Å².